The summed E-state index contributed by atoms with van der Waals surface area (Å²) in [6.07, 6.45) is 0. The van der Waals surface area contributed by atoms with Gasteiger partial charge in [0.15, 0.2) is 0 Å². The molecule has 114 valence electrons. The fourth-order valence-corrected chi connectivity index (χ4v) is 3.08. The number of esters is 1. The zero-order valence-electron chi connectivity index (χ0n) is 12.3. The number of hydrogen-bond acceptors (Lipinski definition) is 4. The number of carboxylic acids is 1. The number of hydrogen-bond donors (Lipinski definition) is 1. The Bertz CT molecular complexity index is 695. The first-order valence-electron chi connectivity index (χ1n) is 6.66. The summed E-state index contributed by atoms with van der Waals surface area (Å²) >= 11 is 1.53. The molecule has 22 heavy (non-hydrogen) atoms. The second-order valence-electron chi connectivity index (χ2n) is 4.75. The molecule has 0 fully saturated rings. The molecule has 0 radical (unpaired) electrons. The number of carbonyl (C=O) groups is 2. The lowest BCUT2D eigenvalue weighted by molar-refractivity contribution is 0.0582. The van der Waals surface area contributed by atoms with Crippen molar-refractivity contribution in [1.29, 1.82) is 0 Å². The Hall–Kier alpha value is -2.27. The highest BCUT2D eigenvalue weighted by Crippen LogP contribution is 2.27. The molecule has 0 aliphatic heterocycles. The summed E-state index contributed by atoms with van der Waals surface area (Å²) in [7, 11) is 1.24. The van der Waals surface area contributed by atoms with Crippen molar-refractivity contribution in [2.45, 2.75) is 17.6 Å². The van der Waals surface area contributed by atoms with Crippen molar-refractivity contribution in [3.63, 3.8) is 0 Å². The molecule has 0 atom stereocenters. The van der Waals surface area contributed by atoms with Gasteiger partial charge in [-0.1, -0.05) is 24.3 Å². The predicted molar refractivity (Wildman–Crippen MR) is 85.5 cm³/mol. The lowest BCUT2D eigenvalue weighted by atomic mass is 9.99. The molecule has 0 unspecified atom stereocenters. The average Bonchev–Trinajstić information content (AvgIpc) is 2.52. The monoisotopic (exact) mass is 316 g/mol. The van der Waals surface area contributed by atoms with Crippen molar-refractivity contribution in [2.75, 3.05) is 7.11 Å². The van der Waals surface area contributed by atoms with Gasteiger partial charge in [-0.15, -0.1) is 11.8 Å². The van der Waals surface area contributed by atoms with Gasteiger partial charge < -0.3 is 9.84 Å². The molecule has 0 aliphatic rings. The molecule has 0 aromatic heterocycles. The Morgan fingerprint density at radius 3 is 2.45 bits per heavy atom. The van der Waals surface area contributed by atoms with Gasteiger partial charge in [0.05, 0.1) is 18.2 Å². The van der Waals surface area contributed by atoms with E-state index in [0.717, 1.165) is 10.5 Å². The molecular formula is C17H16O4S. The highest BCUT2D eigenvalue weighted by molar-refractivity contribution is 7.98. The Balaban J connectivity index is 2.39. The zero-order chi connectivity index (χ0) is 16.1. The number of thioether (sulfide) groups is 1. The van der Waals surface area contributed by atoms with Crippen LogP contribution < -0.4 is 0 Å². The van der Waals surface area contributed by atoms with Gasteiger partial charge >= 0.3 is 11.9 Å². The average molecular weight is 316 g/mol. The zero-order valence-corrected chi connectivity index (χ0v) is 13.1. The van der Waals surface area contributed by atoms with Crippen LogP contribution in [0.2, 0.25) is 0 Å². The van der Waals surface area contributed by atoms with Crippen LogP contribution >= 0.6 is 11.8 Å². The number of ether oxygens (including phenoxy) is 1. The number of aryl methyl sites for hydroxylation is 1. The quantitative estimate of drug-likeness (QED) is 0.672. The lowest BCUT2D eigenvalue weighted by Gasteiger charge is -2.12. The molecule has 2 aromatic rings. The summed E-state index contributed by atoms with van der Waals surface area (Å²) < 4.78 is 4.69. The highest BCUT2D eigenvalue weighted by atomic mass is 32.2. The number of benzene rings is 2. The van der Waals surface area contributed by atoms with Crippen LogP contribution in [0.5, 0.6) is 0 Å². The van der Waals surface area contributed by atoms with Gasteiger partial charge in [0.25, 0.3) is 0 Å². The summed E-state index contributed by atoms with van der Waals surface area (Å²) in [5.74, 6) is -1.28. The SMILES string of the molecule is COC(=O)c1cc(C)cc(CSc2ccccc2)c1C(=O)O. The van der Waals surface area contributed by atoms with E-state index in [-0.39, 0.29) is 11.1 Å². The first-order chi connectivity index (χ1) is 10.5. The summed E-state index contributed by atoms with van der Waals surface area (Å²) in [5, 5.41) is 9.46. The van der Waals surface area contributed by atoms with E-state index < -0.39 is 11.9 Å². The van der Waals surface area contributed by atoms with Crippen LogP contribution in [0.25, 0.3) is 0 Å². The van der Waals surface area contributed by atoms with Crippen LogP contribution in [-0.2, 0) is 10.5 Å². The standard InChI is InChI=1S/C17H16O4S/c1-11-8-12(10-22-13-6-4-3-5-7-13)15(16(18)19)14(9-11)17(20)21-2/h3-9H,10H2,1-2H3,(H,18,19). The van der Waals surface area contributed by atoms with Crippen molar-refractivity contribution < 1.29 is 19.4 Å². The van der Waals surface area contributed by atoms with Crippen LogP contribution in [-0.4, -0.2) is 24.2 Å². The molecule has 4 nitrogen and oxygen atoms in total. The van der Waals surface area contributed by atoms with Crippen LogP contribution in [0.4, 0.5) is 0 Å². The third-order valence-electron chi connectivity index (χ3n) is 3.12. The molecule has 2 aromatic carbocycles. The maximum atomic E-state index is 11.8. The van der Waals surface area contributed by atoms with Gasteiger partial charge in [-0.2, -0.15) is 0 Å². The van der Waals surface area contributed by atoms with E-state index in [1.165, 1.54) is 18.9 Å². The number of aromatic carboxylic acids is 1. The molecule has 0 saturated heterocycles. The Morgan fingerprint density at radius 1 is 1.18 bits per heavy atom. The van der Waals surface area contributed by atoms with E-state index >= 15 is 0 Å². The van der Waals surface area contributed by atoms with Crippen LogP contribution in [0.15, 0.2) is 47.4 Å². The summed E-state index contributed by atoms with van der Waals surface area (Å²) in [6.45, 7) is 1.83. The van der Waals surface area contributed by atoms with Gasteiger partial charge in [-0.05, 0) is 36.2 Å². The highest BCUT2D eigenvalue weighted by Gasteiger charge is 2.21. The Labute approximate surface area is 133 Å². The second kappa shape index (κ2) is 7.13. The Kier molecular flexibility index (Phi) is 5.22. The number of carboxylic acid groups (broad SMARTS) is 1. The lowest BCUT2D eigenvalue weighted by Crippen LogP contribution is -2.13. The summed E-state index contributed by atoms with van der Waals surface area (Å²) in [6, 6.07) is 13.0. The number of carbonyl (C=O) groups excluding carboxylic acids is 1. The molecule has 0 amide bonds. The minimum atomic E-state index is -1.12. The normalized spacial score (nSPS) is 10.3. The number of methoxy groups -OCH3 is 1. The maximum absolute atomic E-state index is 11.8. The predicted octanol–water partition coefficient (Wildman–Crippen LogP) is 3.77. The van der Waals surface area contributed by atoms with Crippen LogP contribution in [0.1, 0.15) is 31.8 Å². The fraction of sp³-hybridized carbons (Fsp3) is 0.176. The van der Waals surface area contributed by atoms with Crippen molar-refractivity contribution >= 4 is 23.7 Å². The van der Waals surface area contributed by atoms with Gasteiger partial charge in [0, 0.05) is 10.6 Å². The summed E-state index contributed by atoms with van der Waals surface area (Å²) in [4.78, 5) is 24.4. The first kappa shape index (κ1) is 16.1. The van der Waals surface area contributed by atoms with Gasteiger partial charge in [-0.25, -0.2) is 9.59 Å². The van der Waals surface area contributed by atoms with E-state index in [1.54, 1.807) is 12.1 Å². The van der Waals surface area contributed by atoms with E-state index in [4.69, 9.17) is 4.74 Å². The second-order valence-corrected chi connectivity index (χ2v) is 5.79. The van der Waals surface area contributed by atoms with Crippen molar-refractivity contribution in [1.82, 2.24) is 0 Å². The minimum absolute atomic E-state index is 0.0147. The fourth-order valence-electron chi connectivity index (χ4n) is 2.18. The molecular weight excluding hydrogens is 300 g/mol. The van der Waals surface area contributed by atoms with Crippen LogP contribution in [0, 0.1) is 6.92 Å². The van der Waals surface area contributed by atoms with Gasteiger partial charge in [0.1, 0.15) is 0 Å². The number of rotatable bonds is 5. The maximum Gasteiger partial charge on any atom is 0.338 e. The molecule has 0 saturated carbocycles. The smallest absolute Gasteiger partial charge is 0.338 e. The molecule has 0 aliphatic carbocycles. The van der Waals surface area contributed by atoms with Crippen molar-refractivity contribution in [3.8, 4) is 0 Å². The molecule has 1 N–H and O–H groups in total. The van der Waals surface area contributed by atoms with E-state index in [9.17, 15) is 14.7 Å². The molecule has 2 rings (SSSR count). The van der Waals surface area contributed by atoms with E-state index in [1.807, 2.05) is 37.3 Å². The first-order valence-corrected chi connectivity index (χ1v) is 7.64. The van der Waals surface area contributed by atoms with Crippen LogP contribution in [0.3, 0.4) is 0 Å². The van der Waals surface area contributed by atoms with E-state index in [2.05, 4.69) is 0 Å². The molecule has 0 bridgehead atoms. The van der Waals surface area contributed by atoms with Gasteiger partial charge in [0.2, 0.25) is 0 Å². The van der Waals surface area contributed by atoms with Crippen molar-refractivity contribution in [3.05, 3.63) is 64.7 Å². The molecule has 0 spiro atoms. The topological polar surface area (TPSA) is 63.6 Å². The third kappa shape index (κ3) is 3.68. The summed E-state index contributed by atoms with van der Waals surface area (Å²) in [5.41, 5.74) is 1.55. The molecule has 0 heterocycles. The molecule has 5 heteroatoms. The Morgan fingerprint density at radius 2 is 1.86 bits per heavy atom. The van der Waals surface area contributed by atoms with Gasteiger partial charge in [-0.3, -0.25) is 0 Å². The van der Waals surface area contributed by atoms with Crippen molar-refractivity contribution in [2.24, 2.45) is 0 Å². The largest absolute Gasteiger partial charge is 0.478 e. The minimum Gasteiger partial charge on any atom is -0.478 e. The van der Waals surface area contributed by atoms with E-state index in [0.29, 0.717) is 11.3 Å². The third-order valence-corrected chi connectivity index (χ3v) is 4.18.